The van der Waals surface area contributed by atoms with Gasteiger partial charge >= 0.3 is 6.03 Å². The molecule has 1 atom stereocenters. The molecule has 2 saturated heterocycles. The zero-order valence-electron chi connectivity index (χ0n) is 15.7. The Labute approximate surface area is 155 Å². The van der Waals surface area contributed by atoms with Crippen molar-refractivity contribution in [2.75, 3.05) is 32.7 Å². The molecule has 3 heterocycles. The third kappa shape index (κ3) is 3.56. The Morgan fingerprint density at radius 1 is 1.19 bits per heavy atom. The van der Waals surface area contributed by atoms with Crippen LogP contribution >= 0.6 is 0 Å². The van der Waals surface area contributed by atoms with Crippen LogP contribution in [0.4, 0.5) is 4.79 Å². The Morgan fingerprint density at radius 2 is 2.00 bits per heavy atom. The molecule has 0 aliphatic carbocycles. The van der Waals surface area contributed by atoms with Gasteiger partial charge in [-0.25, -0.2) is 9.78 Å². The van der Waals surface area contributed by atoms with E-state index in [2.05, 4.69) is 30.7 Å². The van der Waals surface area contributed by atoms with Crippen LogP contribution in [0.1, 0.15) is 31.5 Å². The molecule has 1 N–H and O–H groups in total. The first-order chi connectivity index (χ1) is 12.7. The van der Waals surface area contributed by atoms with E-state index >= 15 is 0 Å². The number of aryl methyl sites for hydroxylation is 1. The van der Waals surface area contributed by atoms with E-state index in [1.807, 2.05) is 25.1 Å². The summed E-state index contributed by atoms with van der Waals surface area (Å²) >= 11 is 0. The average Bonchev–Trinajstić information content (AvgIpc) is 3.36. The quantitative estimate of drug-likeness (QED) is 0.897. The van der Waals surface area contributed by atoms with Gasteiger partial charge in [0.15, 0.2) is 0 Å². The van der Waals surface area contributed by atoms with Crippen LogP contribution in [0.15, 0.2) is 24.3 Å². The Balaban J connectivity index is 1.32. The van der Waals surface area contributed by atoms with Crippen LogP contribution in [0.2, 0.25) is 0 Å². The number of fused-ring (bicyclic) bond motifs is 1. The Hall–Kier alpha value is -2.08. The number of aromatic nitrogens is 2. The second kappa shape index (κ2) is 7.66. The number of imidazole rings is 1. The van der Waals surface area contributed by atoms with Gasteiger partial charge in [-0.1, -0.05) is 12.1 Å². The van der Waals surface area contributed by atoms with Crippen LogP contribution in [0.5, 0.6) is 0 Å². The number of urea groups is 1. The van der Waals surface area contributed by atoms with Crippen LogP contribution in [0.25, 0.3) is 11.0 Å². The molecule has 1 unspecified atom stereocenters. The Kier molecular flexibility index (Phi) is 5.11. The number of hydrogen-bond donors (Lipinski definition) is 1. The van der Waals surface area contributed by atoms with E-state index < -0.39 is 0 Å². The average molecular weight is 355 g/mol. The van der Waals surface area contributed by atoms with Gasteiger partial charge in [0.05, 0.1) is 11.0 Å². The Morgan fingerprint density at radius 3 is 2.85 bits per heavy atom. The van der Waals surface area contributed by atoms with Gasteiger partial charge in [-0.15, -0.1) is 0 Å². The fourth-order valence-electron chi connectivity index (χ4n) is 4.41. The summed E-state index contributed by atoms with van der Waals surface area (Å²) in [5.74, 6) is 0.994. The summed E-state index contributed by atoms with van der Waals surface area (Å²) in [6, 6.07) is 8.63. The van der Waals surface area contributed by atoms with Crippen LogP contribution in [0.3, 0.4) is 0 Å². The van der Waals surface area contributed by atoms with Gasteiger partial charge in [0.25, 0.3) is 0 Å². The van der Waals surface area contributed by atoms with Crippen LogP contribution < -0.4 is 5.32 Å². The standard InChI is InChI=1S/C20H29N5O/c1-16-22-18-8-2-3-9-19(18)24(16)14-10-21-20(26)25-13-6-7-17(25)15-23-11-4-5-12-23/h2-3,8-9,17H,4-7,10-15H2,1H3,(H,21,26). The lowest BCUT2D eigenvalue weighted by Gasteiger charge is -2.28. The van der Waals surface area contributed by atoms with Crippen LogP contribution in [-0.4, -0.2) is 64.1 Å². The summed E-state index contributed by atoms with van der Waals surface area (Å²) in [5.41, 5.74) is 2.15. The summed E-state index contributed by atoms with van der Waals surface area (Å²) in [6.07, 6.45) is 4.86. The number of nitrogens with zero attached hydrogens (tertiary/aromatic N) is 4. The molecule has 0 radical (unpaired) electrons. The monoisotopic (exact) mass is 355 g/mol. The fourth-order valence-corrected chi connectivity index (χ4v) is 4.41. The van der Waals surface area contributed by atoms with Crippen molar-refractivity contribution >= 4 is 17.1 Å². The molecule has 6 nitrogen and oxygen atoms in total. The van der Waals surface area contributed by atoms with Gasteiger partial charge in [-0.3, -0.25) is 0 Å². The van der Waals surface area contributed by atoms with E-state index in [0.717, 1.165) is 49.3 Å². The molecule has 0 bridgehead atoms. The summed E-state index contributed by atoms with van der Waals surface area (Å²) in [4.78, 5) is 21.8. The van der Waals surface area contributed by atoms with E-state index in [0.29, 0.717) is 12.6 Å². The summed E-state index contributed by atoms with van der Waals surface area (Å²) in [7, 11) is 0. The molecular weight excluding hydrogens is 326 g/mol. The predicted molar refractivity (Wildman–Crippen MR) is 103 cm³/mol. The number of carbonyl (C=O) groups excluding carboxylic acids is 1. The normalized spacial score (nSPS) is 21.0. The Bertz CT molecular complexity index is 765. The maximum Gasteiger partial charge on any atom is 0.317 e. The smallest absolute Gasteiger partial charge is 0.317 e. The zero-order chi connectivity index (χ0) is 17.9. The largest absolute Gasteiger partial charge is 0.336 e. The highest BCUT2D eigenvalue weighted by atomic mass is 16.2. The van der Waals surface area contributed by atoms with Crippen molar-refractivity contribution in [2.24, 2.45) is 0 Å². The van der Waals surface area contributed by atoms with E-state index in [1.165, 1.54) is 25.9 Å². The first-order valence-electron chi connectivity index (χ1n) is 9.91. The van der Waals surface area contributed by atoms with E-state index in [1.54, 1.807) is 0 Å². The molecule has 2 amide bonds. The fraction of sp³-hybridized carbons (Fsp3) is 0.600. The van der Waals surface area contributed by atoms with Gasteiger partial charge in [0, 0.05) is 32.2 Å². The highest BCUT2D eigenvalue weighted by Crippen LogP contribution is 2.20. The van der Waals surface area contributed by atoms with Gasteiger partial charge in [-0.2, -0.15) is 0 Å². The third-order valence-corrected chi connectivity index (χ3v) is 5.76. The van der Waals surface area contributed by atoms with Crippen molar-refractivity contribution in [1.82, 2.24) is 24.7 Å². The lowest BCUT2D eigenvalue weighted by molar-refractivity contribution is 0.174. The predicted octanol–water partition coefficient (Wildman–Crippen LogP) is 2.61. The minimum Gasteiger partial charge on any atom is -0.336 e. The molecule has 26 heavy (non-hydrogen) atoms. The number of rotatable bonds is 5. The highest BCUT2D eigenvalue weighted by Gasteiger charge is 2.30. The summed E-state index contributed by atoms with van der Waals surface area (Å²) in [6.45, 7) is 7.72. The molecular formula is C20H29N5O. The molecule has 1 aromatic heterocycles. The van der Waals surface area contributed by atoms with E-state index in [-0.39, 0.29) is 6.03 Å². The molecule has 4 rings (SSSR count). The molecule has 2 aliphatic heterocycles. The van der Waals surface area contributed by atoms with E-state index in [4.69, 9.17) is 0 Å². The minimum absolute atomic E-state index is 0.0915. The first-order valence-corrected chi connectivity index (χ1v) is 9.91. The van der Waals surface area contributed by atoms with Crippen molar-refractivity contribution in [2.45, 2.75) is 45.2 Å². The molecule has 2 aromatic rings. The van der Waals surface area contributed by atoms with Gasteiger partial charge in [0.1, 0.15) is 5.82 Å². The number of para-hydroxylation sites is 2. The first kappa shape index (κ1) is 17.3. The third-order valence-electron chi connectivity index (χ3n) is 5.76. The lowest BCUT2D eigenvalue weighted by atomic mass is 10.2. The van der Waals surface area contributed by atoms with Crippen molar-refractivity contribution in [3.63, 3.8) is 0 Å². The highest BCUT2D eigenvalue weighted by molar-refractivity contribution is 5.76. The number of likely N-dealkylation sites (tertiary alicyclic amines) is 2. The maximum absolute atomic E-state index is 12.7. The number of nitrogens with one attached hydrogen (secondary N) is 1. The molecule has 1 aromatic carbocycles. The van der Waals surface area contributed by atoms with Crippen LogP contribution in [0, 0.1) is 6.92 Å². The SMILES string of the molecule is Cc1nc2ccccc2n1CCNC(=O)N1CCCC1CN1CCCC1. The molecule has 2 fully saturated rings. The molecule has 0 saturated carbocycles. The van der Waals surface area contributed by atoms with Crippen molar-refractivity contribution in [3.8, 4) is 0 Å². The summed E-state index contributed by atoms with van der Waals surface area (Å²) in [5, 5.41) is 3.13. The lowest BCUT2D eigenvalue weighted by Crippen LogP contribution is -2.47. The van der Waals surface area contributed by atoms with Gasteiger partial charge in [0.2, 0.25) is 0 Å². The zero-order valence-corrected chi connectivity index (χ0v) is 15.7. The molecule has 0 spiro atoms. The number of hydrogen-bond acceptors (Lipinski definition) is 3. The minimum atomic E-state index is 0.0915. The summed E-state index contributed by atoms with van der Waals surface area (Å²) < 4.78 is 2.18. The van der Waals surface area contributed by atoms with Crippen molar-refractivity contribution < 1.29 is 4.79 Å². The van der Waals surface area contributed by atoms with Gasteiger partial charge < -0.3 is 19.7 Å². The van der Waals surface area contributed by atoms with Crippen molar-refractivity contribution in [1.29, 1.82) is 0 Å². The number of amides is 2. The molecule has 140 valence electrons. The van der Waals surface area contributed by atoms with Crippen LogP contribution in [-0.2, 0) is 6.54 Å². The van der Waals surface area contributed by atoms with Crippen molar-refractivity contribution in [3.05, 3.63) is 30.1 Å². The molecule has 2 aliphatic rings. The second-order valence-electron chi connectivity index (χ2n) is 7.53. The number of carbonyl (C=O) groups is 1. The topological polar surface area (TPSA) is 53.4 Å². The second-order valence-corrected chi connectivity index (χ2v) is 7.53. The van der Waals surface area contributed by atoms with Gasteiger partial charge in [-0.05, 0) is 57.8 Å². The maximum atomic E-state index is 12.7. The molecule has 6 heteroatoms. The number of benzene rings is 1. The van der Waals surface area contributed by atoms with E-state index in [9.17, 15) is 4.79 Å².